The first-order valence-electron chi connectivity index (χ1n) is 8.23. The number of fused-ring (bicyclic) bond motifs is 1. The van der Waals surface area contributed by atoms with E-state index in [2.05, 4.69) is 30.8 Å². The number of H-pyrrole nitrogens is 1. The molecule has 0 spiro atoms. The summed E-state index contributed by atoms with van der Waals surface area (Å²) >= 11 is 0. The predicted molar refractivity (Wildman–Crippen MR) is 88.7 cm³/mol. The number of aromatic amines is 1. The zero-order chi connectivity index (χ0) is 17.2. The molecule has 0 aromatic carbocycles. The van der Waals surface area contributed by atoms with Crippen LogP contribution in [0.15, 0.2) is 24.5 Å². The zero-order valence-corrected chi connectivity index (χ0v) is 13.5. The van der Waals surface area contributed by atoms with Crippen molar-refractivity contribution in [1.82, 2.24) is 29.9 Å². The first kappa shape index (κ1) is 15.7. The van der Waals surface area contributed by atoms with E-state index in [4.69, 9.17) is 0 Å². The van der Waals surface area contributed by atoms with Crippen molar-refractivity contribution >= 4 is 17.5 Å². The predicted octanol–water partition coefficient (Wildman–Crippen LogP) is 1.24. The molecule has 1 fully saturated rings. The number of nitrogens with zero attached hydrogens (tertiary/aromatic N) is 4. The van der Waals surface area contributed by atoms with Crippen LogP contribution in [0.5, 0.6) is 0 Å². The molecule has 0 radical (unpaired) electrons. The summed E-state index contributed by atoms with van der Waals surface area (Å²) in [4.78, 5) is 20.8. The highest BCUT2D eigenvalue weighted by Gasteiger charge is 2.19. The highest BCUT2D eigenvalue weighted by molar-refractivity contribution is 5.90. The molecule has 3 aromatic heterocycles. The lowest BCUT2D eigenvalue weighted by Crippen LogP contribution is -2.27. The lowest BCUT2D eigenvalue weighted by molar-refractivity contribution is -0.115. The Balaban J connectivity index is 1.40. The lowest BCUT2D eigenvalue weighted by Gasteiger charge is -2.19. The molecule has 25 heavy (non-hydrogen) atoms. The SMILES string of the molecule is O=C(Cc1cn2cc(F)ccc2n1)Nc1n[nH]c(C2CCNCC2)n1. The van der Waals surface area contributed by atoms with E-state index in [0.29, 0.717) is 17.3 Å². The van der Waals surface area contributed by atoms with E-state index >= 15 is 0 Å². The van der Waals surface area contributed by atoms with E-state index < -0.39 is 0 Å². The minimum absolute atomic E-state index is 0.0700. The van der Waals surface area contributed by atoms with Crippen molar-refractivity contribution in [1.29, 1.82) is 0 Å². The normalized spacial score (nSPS) is 15.6. The van der Waals surface area contributed by atoms with Crippen molar-refractivity contribution < 1.29 is 9.18 Å². The van der Waals surface area contributed by atoms with Gasteiger partial charge in [-0.1, -0.05) is 0 Å². The topological polar surface area (TPSA) is 100 Å². The Hall–Kier alpha value is -2.81. The van der Waals surface area contributed by atoms with Gasteiger partial charge in [0.15, 0.2) is 0 Å². The van der Waals surface area contributed by atoms with Crippen LogP contribution in [0.1, 0.15) is 30.3 Å². The van der Waals surface area contributed by atoms with E-state index in [1.807, 2.05) is 0 Å². The third kappa shape index (κ3) is 3.50. The molecule has 1 saturated heterocycles. The third-order valence-corrected chi connectivity index (χ3v) is 4.29. The van der Waals surface area contributed by atoms with Gasteiger partial charge in [-0.25, -0.2) is 9.37 Å². The van der Waals surface area contributed by atoms with Crippen LogP contribution in [0, 0.1) is 5.82 Å². The van der Waals surface area contributed by atoms with Crippen LogP contribution < -0.4 is 10.6 Å². The number of pyridine rings is 1. The van der Waals surface area contributed by atoms with E-state index in [-0.39, 0.29) is 24.1 Å². The van der Waals surface area contributed by atoms with Gasteiger partial charge in [0.25, 0.3) is 0 Å². The van der Waals surface area contributed by atoms with Crippen molar-refractivity contribution in [2.24, 2.45) is 0 Å². The van der Waals surface area contributed by atoms with Crippen LogP contribution >= 0.6 is 0 Å². The van der Waals surface area contributed by atoms with Gasteiger partial charge in [-0.15, -0.1) is 5.10 Å². The fraction of sp³-hybridized carbons (Fsp3) is 0.375. The van der Waals surface area contributed by atoms with Gasteiger partial charge in [-0.2, -0.15) is 4.98 Å². The summed E-state index contributed by atoms with van der Waals surface area (Å²) in [5, 5.41) is 12.9. The number of hydrogen-bond donors (Lipinski definition) is 3. The van der Waals surface area contributed by atoms with Gasteiger partial charge in [0.1, 0.15) is 17.3 Å². The van der Waals surface area contributed by atoms with E-state index in [1.54, 1.807) is 16.7 Å². The second kappa shape index (κ2) is 6.60. The molecule has 9 heteroatoms. The maximum absolute atomic E-state index is 13.2. The number of rotatable bonds is 4. The molecule has 1 aliphatic heterocycles. The summed E-state index contributed by atoms with van der Waals surface area (Å²) in [6, 6.07) is 2.90. The Morgan fingerprint density at radius 2 is 2.12 bits per heavy atom. The maximum atomic E-state index is 13.2. The average Bonchev–Trinajstić information content (AvgIpc) is 3.21. The van der Waals surface area contributed by atoms with Crippen LogP contribution in [0.3, 0.4) is 0 Å². The van der Waals surface area contributed by atoms with Crippen LogP contribution in [-0.4, -0.2) is 43.6 Å². The Bertz CT molecular complexity index is 897. The van der Waals surface area contributed by atoms with E-state index in [1.165, 1.54) is 12.3 Å². The Morgan fingerprint density at radius 1 is 1.28 bits per heavy atom. The van der Waals surface area contributed by atoms with Gasteiger partial charge in [-0.05, 0) is 38.1 Å². The van der Waals surface area contributed by atoms with E-state index in [0.717, 1.165) is 31.8 Å². The number of nitrogens with one attached hydrogen (secondary N) is 3. The Kier molecular flexibility index (Phi) is 4.14. The molecule has 0 aliphatic carbocycles. The van der Waals surface area contributed by atoms with Crippen molar-refractivity contribution in [2.45, 2.75) is 25.2 Å². The zero-order valence-electron chi connectivity index (χ0n) is 13.5. The van der Waals surface area contributed by atoms with Crippen molar-refractivity contribution in [2.75, 3.05) is 18.4 Å². The molecule has 130 valence electrons. The van der Waals surface area contributed by atoms with Crippen molar-refractivity contribution in [3.05, 3.63) is 41.9 Å². The van der Waals surface area contributed by atoms with Gasteiger partial charge < -0.3 is 9.72 Å². The van der Waals surface area contributed by atoms with Crippen molar-refractivity contribution in [3.63, 3.8) is 0 Å². The summed E-state index contributed by atoms with van der Waals surface area (Å²) < 4.78 is 14.8. The molecule has 3 N–H and O–H groups in total. The summed E-state index contributed by atoms with van der Waals surface area (Å²) in [7, 11) is 0. The van der Waals surface area contributed by atoms with Crippen LogP contribution in [-0.2, 0) is 11.2 Å². The molecule has 0 unspecified atom stereocenters. The molecule has 1 amide bonds. The molecule has 8 nitrogen and oxygen atoms in total. The second-order valence-electron chi connectivity index (χ2n) is 6.14. The highest BCUT2D eigenvalue weighted by atomic mass is 19.1. The summed E-state index contributed by atoms with van der Waals surface area (Å²) in [6.07, 6.45) is 5.03. The highest BCUT2D eigenvalue weighted by Crippen LogP contribution is 2.22. The first-order valence-corrected chi connectivity index (χ1v) is 8.23. The monoisotopic (exact) mass is 343 g/mol. The number of carbonyl (C=O) groups excluding carboxylic acids is 1. The van der Waals surface area contributed by atoms with Crippen LogP contribution in [0.2, 0.25) is 0 Å². The fourth-order valence-corrected chi connectivity index (χ4v) is 3.04. The molecular formula is C16H18FN7O. The third-order valence-electron chi connectivity index (χ3n) is 4.29. The molecule has 0 atom stereocenters. The number of aromatic nitrogens is 5. The number of anilines is 1. The van der Waals surface area contributed by atoms with E-state index in [9.17, 15) is 9.18 Å². The molecule has 1 aliphatic rings. The van der Waals surface area contributed by atoms with Gasteiger partial charge in [0.2, 0.25) is 11.9 Å². The molecule has 0 bridgehead atoms. The molecule has 4 rings (SSSR count). The number of amides is 1. The van der Waals surface area contributed by atoms with Crippen LogP contribution in [0.4, 0.5) is 10.3 Å². The summed E-state index contributed by atoms with van der Waals surface area (Å²) in [5.74, 6) is 0.799. The number of hydrogen-bond acceptors (Lipinski definition) is 5. The Labute approximate surface area is 142 Å². The van der Waals surface area contributed by atoms with Crippen LogP contribution in [0.25, 0.3) is 5.65 Å². The average molecular weight is 343 g/mol. The Morgan fingerprint density at radius 3 is 2.96 bits per heavy atom. The molecule has 3 aromatic rings. The minimum Gasteiger partial charge on any atom is -0.317 e. The maximum Gasteiger partial charge on any atom is 0.248 e. The molecular weight excluding hydrogens is 325 g/mol. The molecule has 0 saturated carbocycles. The second-order valence-corrected chi connectivity index (χ2v) is 6.14. The number of carbonyl (C=O) groups is 1. The molecule has 4 heterocycles. The number of halogens is 1. The number of imidazole rings is 1. The van der Waals surface area contributed by atoms with Crippen molar-refractivity contribution in [3.8, 4) is 0 Å². The quantitative estimate of drug-likeness (QED) is 0.662. The summed E-state index contributed by atoms with van der Waals surface area (Å²) in [5.41, 5.74) is 1.15. The number of piperidine rings is 1. The minimum atomic E-state index is -0.355. The standard InChI is InChI=1S/C16H18FN7O/c17-11-1-2-13-19-12(9-24(13)8-11)7-14(25)20-16-21-15(22-23-16)10-3-5-18-6-4-10/h1-2,8-10,18H,3-7H2,(H2,20,21,22,23,25). The summed E-state index contributed by atoms with van der Waals surface area (Å²) in [6.45, 7) is 1.92. The smallest absolute Gasteiger partial charge is 0.248 e. The van der Waals surface area contributed by atoms with Gasteiger partial charge in [0, 0.05) is 18.3 Å². The van der Waals surface area contributed by atoms with Gasteiger partial charge in [-0.3, -0.25) is 15.2 Å². The van der Waals surface area contributed by atoms with Gasteiger partial charge in [0.05, 0.1) is 12.1 Å². The lowest BCUT2D eigenvalue weighted by atomic mass is 9.98. The fourth-order valence-electron chi connectivity index (χ4n) is 3.04. The first-order chi connectivity index (χ1) is 12.2. The largest absolute Gasteiger partial charge is 0.317 e. The van der Waals surface area contributed by atoms with Gasteiger partial charge >= 0.3 is 0 Å².